The van der Waals surface area contributed by atoms with Gasteiger partial charge in [0.05, 0.1) is 38.0 Å². The Labute approximate surface area is 205 Å². The summed E-state index contributed by atoms with van der Waals surface area (Å²) < 4.78 is 48.9. The van der Waals surface area contributed by atoms with E-state index in [9.17, 15) is 13.2 Å². The Balaban J connectivity index is 1.56. The van der Waals surface area contributed by atoms with E-state index in [0.29, 0.717) is 28.7 Å². The van der Waals surface area contributed by atoms with Crippen LogP contribution in [0.1, 0.15) is 18.5 Å². The number of methoxy groups -OCH3 is 3. The van der Waals surface area contributed by atoms with E-state index >= 15 is 0 Å². The fraction of sp³-hybridized carbons (Fsp3) is 0.240. The highest BCUT2D eigenvalue weighted by Gasteiger charge is 2.16. The minimum absolute atomic E-state index is 0.0548. The molecule has 35 heavy (non-hydrogen) atoms. The van der Waals surface area contributed by atoms with Crippen LogP contribution in [0.2, 0.25) is 0 Å². The lowest BCUT2D eigenvalue weighted by atomic mass is 10.1. The van der Waals surface area contributed by atoms with E-state index in [0.717, 1.165) is 5.56 Å². The van der Waals surface area contributed by atoms with Gasteiger partial charge in [-0.15, -0.1) is 0 Å². The predicted molar refractivity (Wildman–Crippen MR) is 132 cm³/mol. The van der Waals surface area contributed by atoms with E-state index < -0.39 is 10.0 Å². The Bertz CT molecular complexity index is 1260. The number of hydrogen-bond acceptors (Lipinski definition) is 7. The number of benzene rings is 3. The van der Waals surface area contributed by atoms with Crippen molar-refractivity contribution in [1.29, 1.82) is 0 Å². The van der Waals surface area contributed by atoms with Crippen LogP contribution in [0.25, 0.3) is 0 Å². The molecule has 10 heteroatoms. The molecule has 0 spiro atoms. The smallest absolute Gasteiger partial charge is 0.261 e. The summed E-state index contributed by atoms with van der Waals surface area (Å²) in [7, 11) is 0.801. The Kier molecular flexibility index (Phi) is 8.43. The zero-order valence-corrected chi connectivity index (χ0v) is 20.7. The van der Waals surface area contributed by atoms with Crippen LogP contribution in [-0.4, -0.2) is 42.3 Å². The maximum atomic E-state index is 12.6. The van der Waals surface area contributed by atoms with Gasteiger partial charge in [0.1, 0.15) is 11.5 Å². The van der Waals surface area contributed by atoms with Gasteiger partial charge in [-0.05, 0) is 61.0 Å². The summed E-state index contributed by atoms with van der Waals surface area (Å²) in [6.45, 7) is 1.61. The van der Waals surface area contributed by atoms with Gasteiger partial charge in [0.15, 0.2) is 18.1 Å². The number of carbonyl (C=O) groups is 1. The molecule has 0 aromatic heterocycles. The Hall–Kier alpha value is -3.92. The van der Waals surface area contributed by atoms with Gasteiger partial charge in [0, 0.05) is 6.07 Å². The molecule has 0 heterocycles. The molecule has 0 saturated heterocycles. The van der Waals surface area contributed by atoms with Crippen molar-refractivity contribution < 1.29 is 32.2 Å². The average Bonchev–Trinajstić information content (AvgIpc) is 2.87. The van der Waals surface area contributed by atoms with E-state index in [1.165, 1.54) is 31.4 Å². The van der Waals surface area contributed by atoms with Crippen LogP contribution >= 0.6 is 0 Å². The minimum atomic E-state index is -3.80. The first-order chi connectivity index (χ1) is 16.7. The lowest BCUT2D eigenvalue weighted by Crippen LogP contribution is -2.31. The van der Waals surface area contributed by atoms with Gasteiger partial charge in [-0.2, -0.15) is 0 Å². The lowest BCUT2D eigenvalue weighted by molar-refractivity contribution is -0.123. The largest absolute Gasteiger partial charge is 0.497 e. The molecule has 3 rings (SSSR count). The summed E-state index contributed by atoms with van der Waals surface area (Å²) in [6.07, 6.45) is 0. The Morgan fingerprint density at radius 3 is 2.23 bits per heavy atom. The third-order valence-corrected chi connectivity index (χ3v) is 6.51. The summed E-state index contributed by atoms with van der Waals surface area (Å²) >= 11 is 0. The first-order valence-electron chi connectivity index (χ1n) is 10.7. The standard InChI is InChI=1S/C25H28N2O7S/c1-17(18-8-13-23(32-3)24(14-18)33-4)26-25(28)16-34-20-9-11-22(12-10-20)35(29,30)27-19-6-5-7-21(15-19)31-2/h5-15,17,27H,16H2,1-4H3,(H,26,28). The molecule has 0 saturated carbocycles. The van der Waals surface area contributed by atoms with Crippen molar-refractivity contribution in [1.82, 2.24) is 5.32 Å². The highest BCUT2D eigenvalue weighted by molar-refractivity contribution is 7.92. The summed E-state index contributed by atoms with van der Waals surface area (Å²) in [5.74, 6) is 1.73. The van der Waals surface area contributed by atoms with Crippen molar-refractivity contribution in [2.75, 3.05) is 32.7 Å². The molecule has 0 radical (unpaired) electrons. The van der Waals surface area contributed by atoms with Gasteiger partial charge in [-0.25, -0.2) is 8.42 Å². The molecule has 1 unspecified atom stereocenters. The van der Waals surface area contributed by atoms with E-state index in [2.05, 4.69) is 10.0 Å². The van der Waals surface area contributed by atoms with Gasteiger partial charge in [-0.3, -0.25) is 9.52 Å². The quantitative estimate of drug-likeness (QED) is 0.412. The van der Waals surface area contributed by atoms with E-state index in [4.69, 9.17) is 18.9 Å². The molecule has 0 aliphatic carbocycles. The molecule has 0 aliphatic rings. The Morgan fingerprint density at radius 2 is 1.57 bits per heavy atom. The monoisotopic (exact) mass is 500 g/mol. The van der Waals surface area contributed by atoms with Crippen LogP contribution in [-0.2, 0) is 14.8 Å². The second-order valence-corrected chi connectivity index (χ2v) is 9.18. The second kappa shape index (κ2) is 11.5. The maximum absolute atomic E-state index is 12.6. The number of hydrogen-bond donors (Lipinski definition) is 2. The molecule has 9 nitrogen and oxygen atoms in total. The highest BCUT2D eigenvalue weighted by Crippen LogP contribution is 2.30. The van der Waals surface area contributed by atoms with E-state index in [1.807, 2.05) is 13.0 Å². The van der Waals surface area contributed by atoms with Crippen LogP contribution in [0.4, 0.5) is 5.69 Å². The Morgan fingerprint density at radius 1 is 0.857 bits per heavy atom. The van der Waals surface area contributed by atoms with Crippen molar-refractivity contribution in [3.8, 4) is 23.0 Å². The first-order valence-corrected chi connectivity index (χ1v) is 12.1. The third-order valence-electron chi connectivity index (χ3n) is 5.11. The summed E-state index contributed by atoms with van der Waals surface area (Å²) in [4.78, 5) is 12.4. The van der Waals surface area contributed by atoms with Crippen molar-refractivity contribution in [2.24, 2.45) is 0 Å². The molecule has 0 fully saturated rings. The first kappa shape index (κ1) is 25.7. The van der Waals surface area contributed by atoms with Crippen molar-refractivity contribution in [2.45, 2.75) is 17.9 Å². The fourth-order valence-electron chi connectivity index (χ4n) is 3.25. The van der Waals surface area contributed by atoms with Crippen molar-refractivity contribution in [3.05, 3.63) is 72.3 Å². The summed E-state index contributed by atoms with van der Waals surface area (Å²) in [6, 6.07) is 17.5. The normalized spacial score (nSPS) is 11.8. The van der Waals surface area contributed by atoms with Gasteiger partial charge < -0.3 is 24.3 Å². The number of nitrogens with one attached hydrogen (secondary N) is 2. The van der Waals surface area contributed by atoms with Crippen molar-refractivity contribution >= 4 is 21.6 Å². The van der Waals surface area contributed by atoms with E-state index in [-0.39, 0.29) is 23.5 Å². The number of sulfonamides is 1. The van der Waals surface area contributed by atoms with Gasteiger partial charge in [0.2, 0.25) is 0 Å². The molecular weight excluding hydrogens is 472 g/mol. The zero-order valence-electron chi connectivity index (χ0n) is 19.9. The minimum Gasteiger partial charge on any atom is -0.497 e. The number of ether oxygens (including phenoxy) is 4. The van der Waals surface area contributed by atoms with Crippen molar-refractivity contribution in [3.63, 3.8) is 0 Å². The van der Waals surface area contributed by atoms with Crippen LogP contribution in [0, 0.1) is 0 Å². The molecule has 0 aliphatic heterocycles. The van der Waals surface area contributed by atoms with Gasteiger partial charge in [-0.1, -0.05) is 12.1 Å². The number of rotatable bonds is 11. The zero-order chi connectivity index (χ0) is 25.4. The molecule has 186 valence electrons. The van der Waals surface area contributed by atoms with Crippen LogP contribution in [0.15, 0.2) is 71.6 Å². The topological polar surface area (TPSA) is 112 Å². The molecule has 1 amide bonds. The molecule has 1 atom stereocenters. The van der Waals surface area contributed by atoms with Crippen LogP contribution in [0.3, 0.4) is 0 Å². The number of anilines is 1. The molecule has 2 N–H and O–H groups in total. The lowest BCUT2D eigenvalue weighted by Gasteiger charge is -2.17. The van der Waals surface area contributed by atoms with E-state index in [1.54, 1.807) is 50.6 Å². The van der Waals surface area contributed by atoms with Gasteiger partial charge >= 0.3 is 0 Å². The molecular formula is C25H28N2O7S. The highest BCUT2D eigenvalue weighted by atomic mass is 32.2. The second-order valence-electron chi connectivity index (χ2n) is 7.50. The molecule has 3 aromatic rings. The van der Waals surface area contributed by atoms with Gasteiger partial charge in [0.25, 0.3) is 15.9 Å². The van der Waals surface area contributed by atoms with Crippen LogP contribution in [0.5, 0.6) is 23.0 Å². The maximum Gasteiger partial charge on any atom is 0.261 e. The number of amides is 1. The fourth-order valence-corrected chi connectivity index (χ4v) is 4.30. The summed E-state index contributed by atoms with van der Waals surface area (Å²) in [5, 5.41) is 2.85. The van der Waals surface area contributed by atoms with Crippen LogP contribution < -0.4 is 29.0 Å². The average molecular weight is 501 g/mol. The third kappa shape index (κ3) is 6.80. The summed E-state index contributed by atoms with van der Waals surface area (Å²) in [5.41, 5.74) is 1.22. The predicted octanol–water partition coefficient (Wildman–Crippen LogP) is 3.77. The number of carbonyl (C=O) groups excluding carboxylic acids is 1. The molecule has 3 aromatic carbocycles. The SMILES string of the molecule is COc1cccc(NS(=O)(=O)c2ccc(OCC(=O)NC(C)c3ccc(OC)c(OC)c3)cc2)c1. The molecule has 0 bridgehead atoms.